The molecule has 0 saturated carbocycles. The Kier molecular flexibility index (Phi) is 3.69. The maximum atomic E-state index is 10.2. The van der Waals surface area contributed by atoms with Gasteiger partial charge in [-0.3, -0.25) is 0 Å². The predicted octanol–water partition coefficient (Wildman–Crippen LogP) is 4.25. The number of aliphatic hydroxyl groups is 1. The van der Waals surface area contributed by atoms with Crippen molar-refractivity contribution in [1.29, 1.82) is 0 Å². The van der Waals surface area contributed by atoms with Crippen molar-refractivity contribution < 1.29 is 9.52 Å². The van der Waals surface area contributed by atoms with Crippen molar-refractivity contribution in [3.63, 3.8) is 0 Å². The van der Waals surface area contributed by atoms with Crippen LogP contribution in [0.3, 0.4) is 0 Å². The number of benzene rings is 1. The van der Waals surface area contributed by atoms with Crippen molar-refractivity contribution in [1.82, 2.24) is 0 Å². The highest BCUT2D eigenvalue weighted by Gasteiger charge is 2.16. The summed E-state index contributed by atoms with van der Waals surface area (Å²) in [5.74, 6) is 1.04. The van der Waals surface area contributed by atoms with E-state index >= 15 is 0 Å². The average Bonchev–Trinajstić information content (AvgIpc) is 2.74. The van der Waals surface area contributed by atoms with E-state index in [1.165, 1.54) is 5.56 Å². The Morgan fingerprint density at radius 2 is 1.65 bits per heavy atom. The van der Waals surface area contributed by atoms with Crippen LogP contribution in [0.4, 0.5) is 0 Å². The van der Waals surface area contributed by atoms with E-state index in [0.29, 0.717) is 11.7 Å². The van der Waals surface area contributed by atoms with Crippen molar-refractivity contribution >= 4 is 15.9 Å². The normalized spacial score (nSPS) is 13.0. The summed E-state index contributed by atoms with van der Waals surface area (Å²) in [5, 5.41) is 10.2. The molecule has 0 radical (unpaired) electrons. The fraction of sp³-hybridized carbons (Fsp3) is 0.286. The van der Waals surface area contributed by atoms with Gasteiger partial charge in [0.15, 0.2) is 5.76 Å². The lowest BCUT2D eigenvalue weighted by atomic mass is 9.99. The molecule has 0 bridgehead atoms. The van der Waals surface area contributed by atoms with E-state index in [1.54, 1.807) is 12.3 Å². The van der Waals surface area contributed by atoms with Crippen LogP contribution in [0.2, 0.25) is 0 Å². The maximum Gasteiger partial charge on any atom is 0.150 e. The monoisotopic (exact) mass is 294 g/mol. The zero-order valence-electron chi connectivity index (χ0n) is 9.85. The minimum Gasteiger partial charge on any atom is -0.465 e. The van der Waals surface area contributed by atoms with Crippen LogP contribution in [0.15, 0.2) is 45.5 Å². The van der Waals surface area contributed by atoms with Crippen LogP contribution in [-0.2, 0) is 0 Å². The smallest absolute Gasteiger partial charge is 0.150 e. The van der Waals surface area contributed by atoms with E-state index in [-0.39, 0.29) is 0 Å². The fourth-order valence-corrected chi connectivity index (χ4v) is 2.13. The molecule has 90 valence electrons. The minimum absolute atomic E-state index is 0.497. The van der Waals surface area contributed by atoms with Crippen LogP contribution in [-0.4, -0.2) is 5.11 Å². The molecule has 0 aliphatic heterocycles. The largest absolute Gasteiger partial charge is 0.465 e. The van der Waals surface area contributed by atoms with Crippen LogP contribution in [0.25, 0.3) is 0 Å². The highest BCUT2D eigenvalue weighted by Crippen LogP contribution is 2.30. The summed E-state index contributed by atoms with van der Waals surface area (Å²) in [5.41, 5.74) is 2.10. The number of rotatable bonds is 3. The molecule has 0 spiro atoms. The van der Waals surface area contributed by atoms with E-state index < -0.39 is 6.10 Å². The van der Waals surface area contributed by atoms with Gasteiger partial charge in [-0.1, -0.05) is 38.1 Å². The van der Waals surface area contributed by atoms with E-state index in [4.69, 9.17) is 4.42 Å². The Bertz CT molecular complexity index is 485. The quantitative estimate of drug-likeness (QED) is 0.918. The molecule has 2 aromatic rings. The van der Waals surface area contributed by atoms with Gasteiger partial charge in [0.05, 0.1) is 10.7 Å². The summed E-state index contributed by atoms with van der Waals surface area (Å²) < 4.78 is 6.05. The first-order valence-corrected chi connectivity index (χ1v) is 6.39. The Hall–Kier alpha value is -1.06. The summed E-state index contributed by atoms with van der Waals surface area (Å²) in [6.07, 6.45) is 0.839. The average molecular weight is 295 g/mol. The van der Waals surface area contributed by atoms with Gasteiger partial charge in [-0.05, 0) is 39.0 Å². The lowest BCUT2D eigenvalue weighted by molar-refractivity contribution is 0.188. The molecule has 0 amide bonds. The second-order valence-corrected chi connectivity index (χ2v) is 5.21. The fourth-order valence-electron chi connectivity index (χ4n) is 1.72. The zero-order chi connectivity index (χ0) is 12.4. The lowest BCUT2D eigenvalue weighted by Crippen LogP contribution is -1.99. The standard InChI is InChI=1S/C14H15BrO2/c1-9(2)10-3-5-11(6-4-10)13(16)14-12(15)7-8-17-14/h3-9,13,16H,1-2H3. The van der Waals surface area contributed by atoms with Crippen LogP contribution in [0.5, 0.6) is 0 Å². The van der Waals surface area contributed by atoms with Gasteiger partial charge in [-0.2, -0.15) is 0 Å². The van der Waals surface area contributed by atoms with Gasteiger partial charge >= 0.3 is 0 Å². The van der Waals surface area contributed by atoms with E-state index in [9.17, 15) is 5.11 Å². The second kappa shape index (κ2) is 5.07. The highest BCUT2D eigenvalue weighted by atomic mass is 79.9. The van der Waals surface area contributed by atoms with Gasteiger partial charge in [0, 0.05) is 0 Å². The van der Waals surface area contributed by atoms with Crippen molar-refractivity contribution in [3.8, 4) is 0 Å². The first kappa shape index (κ1) is 12.4. The Labute approximate surface area is 109 Å². The van der Waals surface area contributed by atoms with Crippen molar-refractivity contribution in [2.24, 2.45) is 0 Å². The molecule has 0 aliphatic carbocycles. The van der Waals surface area contributed by atoms with Crippen molar-refractivity contribution in [3.05, 3.63) is 58.0 Å². The van der Waals surface area contributed by atoms with Gasteiger partial charge in [-0.15, -0.1) is 0 Å². The molecule has 1 aromatic heterocycles. The third-order valence-corrected chi connectivity index (χ3v) is 3.47. The number of aliphatic hydroxyl groups excluding tert-OH is 1. The number of halogens is 1. The summed E-state index contributed by atoms with van der Waals surface area (Å²) in [4.78, 5) is 0. The SMILES string of the molecule is CC(C)c1ccc(C(O)c2occc2Br)cc1. The highest BCUT2D eigenvalue weighted by molar-refractivity contribution is 9.10. The lowest BCUT2D eigenvalue weighted by Gasteiger charge is -2.11. The number of furan rings is 1. The molecule has 2 nitrogen and oxygen atoms in total. The first-order chi connectivity index (χ1) is 8.09. The van der Waals surface area contributed by atoms with Crippen LogP contribution in [0, 0.1) is 0 Å². The molecule has 1 atom stereocenters. The molecule has 1 N–H and O–H groups in total. The maximum absolute atomic E-state index is 10.2. The Balaban J connectivity index is 2.26. The summed E-state index contributed by atoms with van der Waals surface area (Å²) in [7, 11) is 0. The zero-order valence-corrected chi connectivity index (χ0v) is 11.4. The van der Waals surface area contributed by atoms with Crippen molar-refractivity contribution in [2.45, 2.75) is 25.9 Å². The van der Waals surface area contributed by atoms with Gasteiger partial charge < -0.3 is 9.52 Å². The molecule has 1 heterocycles. The van der Waals surface area contributed by atoms with Crippen LogP contribution in [0.1, 0.15) is 42.8 Å². The van der Waals surface area contributed by atoms with Crippen LogP contribution < -0.4 is 0 Å². The van der Waals surface area contributed by atoms with Crippen LogP contribution >= 0.6 is 15.9 Å². The molecule has 17 heavy (non-hydrogen) atoms. The van der Waals surface area contributed by atoms with Gasteiger partial charge in [0.1, 0.15) is 6.10 Å². The third kappa shape index (κ3) is 2.61. The van der Waals surface area contributed by atoms with Gasteiger partial charge in [0.2, 0.25) is 0 Å². The number of hydrogen-bond donors (Lipinski definition) is 1. The second-order valence-electron chi connectivity index (χ2n) is 4.36. The summed E-state index contributed by atoms with van der Waals surface area (Å²) in [6, 6.07) is 9.74. The molecule has 3 heteroatoms. The summed E-state index contributed by atoms with van der Waals surface area (Å²) >= 11 is 3.35. The van der Waals surface area contributed by atoms with E-state index in [2.05, 4.69) is 29.8 Å². The predicted molar refractivity (Wildman–Crippen MR) is 71.0 cm³/mol. The molecule has 0 saturated heterocycles. The molecule has 2 rings (SSSR count). The molecule has 0 fully saturated rings. The molecule has 1 unspecified atom stereocenters. The molecular formula is C14H15BrO2. The third-order valence-electron chi connectivity index (χ3n) is 2.81. The molecular weight excluding hydrogens is 280 g/mol. The topological polar surface area (TPSA) is 33.4 Å². The Morgan fingerprint density at radius 3 is 2.12 bits per heavy atom. The van der Waals surface area contributed by atoms with E-state index in [1.807, 2.05) is 24.3 Å². The van der Waals surface area contributed by atoms with Crippen molar-refractivity contribution in [2.75, 3.05) is 0 Å². The minimum atomic E-state index is -0.722. The molecule has 0 aliphatic rings. The van der Waals surface area contributed by atoms with Gasteiger partial charge in [0.25, 0.3) is 0 Å². The van der Waals surface area contributed by atoms with Gasteiger partial charge in [-0.25, -0.2) is 0 Å². The summed E-state index contributed by atoms with van der Waals surface area (Å²) in [6.45, 7) is 4.29. The number of hydrogen-bond acceptors (Lipinski definition) is 2. The first-order valence-electron chi connectivity index (χ1n) is 5.60. The Morgan fingerprint density at radius 1 is 1.06 bits per heavy atom. The molecule has 1 aromatic carbocycles. The van der Waals surface area contributed by atoms with E-state index in [0.717, 1.165) is 10.0 Å².